The van der Waals surface area contributed by atoms with Crippen LogP contribution in [0.2, 0.25) is 0 Å². The Kier molecular flexibility index (Phi) is 4.69. The Balaban J connectivity index is 2.82. The third-order valence-corrected chi connectivity index (χ3v) is 2.97. The number of nitrogens with zero attached hydrogens (tertiary/aromatic N) is 1. The molecule has 100 valence electrons. The monoisotopic (exact) mass is 273 g/mol. The smallest absolute Gasteiger partial charge is 0.266 e. The fourth-order valence-corrected chi connectivity index (χ4v) is 1.69. The molecule has 0 aromatic heterocycles. The molecule has 0 saturated carbocycles. The summed E-state index contributed by atoms with van der Waals surface area (Å²) in [7, 11) is -2.51. The summed E-state index contributed by atoms with van der Waals surface area (Å²) < 4.78 is 34.5. The zero-order chi connectivity index (χ0) is 13.8. The Labute approximate surface area is 106 Å². The Bertz CT molecular complexity index is 528. The number of rotatable bonds is 5. The van der Waals surface area contributed by atoms with Crippen LogP contribution in [0.5, 0.6) is 11.5 Å². The molecule has 1 rings (SSSR count). The minimum absolute atomic E-state index is 0.00227. The lowest BCUT2D eigenvalue weighted by atomic mass is 10.1. The molecule has 0 aliphatic carbocycles. The van der Waals surface area contributed by atoms with Crippen molar-refractivity contribution in [2.45, 2.75) is 6.92 Å². The number of aromatic hydroxyl groups is 1. The first kappa shape index (κ1) is 14.5. The van der Waals surface area contributed by atoms with E-state index in [0.29, 0.717) is 11.3 Å². The fourth-order valence-electron chi connectivity index (χ4n) is 1.36. The lowest BCUT2D eigenvalue weighted by Gasteiger charge is -2.06. The third kappa shape index (κ3) is 4.34. The van der Waals surface area contributed by atoms with Crippen LogP contribution in [-0.4, -0.2) is 43.7 Å². The second-order valence-electron chi connectivity index (χ2n) is 3.70. The number of ether oxygens (including phenoxy) is 1. The Hall–Kier alpha value is -1.60. The van der Waals surface area contributed by atoms with Crippen LogP contribution < -0.4 is 4.74 Å². The van der Waals surface area contributed by atoms with Gasteiger partial charge in [-0.2, -0.15) is 8.42 Å². The summed E-state index contributed by atoms with van der Waals surface area (Å²) in [5, 5.41) is 9.72. The van der Waals surface area contributed by atoms with Crippen molar-refractivity contribution < 1.29 is 22.8 Å². The fraction of sp³-hybridized carbons (Fsp3) is 0.364. The Morgan fingerprint density at radius 2 is 2.11 bits per heavy atom. The normalized spacial score (nSPS) is 11.9. The first-order chi connectivity index (χ1) is 8.33. The van der Waals surface area contributed by atoms with Gasteiger partial charge in [0.15, 0.2) is 0 Å². The second kappa shape index (κ2) is 5.83. The van der Waals surface area contributed by atoms with E-state index in [1.165, 1.54) is 19.4 Å². The van der Waals surface area contributed by atoms with E-state index in [1.54, 1.807) is 13.0 Å². The molecular formula is C11H15NO5S. The van der Waals surface area contributed by atoms with E-state index in [-0.39, 0.29) is 12.3 Å². The molecule has 0 fully saturated rings. The van der Waals surface area contributed by atoms with E-state index in [1.807, 2.05) is 0 Å². The average Bonchev–Trinajstić information content (AvgIpc) is 2.25. The standard InChI is InChI=1S/C11H15NO5S/c1-8-5-9(17-2)6-11(13)10(8)7-12-3-4-18(14,15)16/h5-7,13H,3-4H2,1-2H3,(H,14,15,16). The number of benzene rings is 1. The van der Waals surface area contributed by atoms with Crippen molar-refractivity contribution in [2.75, 3.05) is 19.4 Å². The number of phenols is 1. The molecule has 7 heteroatoms. The molecule has 0 bridgehead atoms. The van der Waals surface area contributed by atoms with Crippen LogP contribution in [0.25, 0.3) is 0 Å². The largest absolute Gasteiger partial charge is 0.507 e. The summed E-state index contributed by atoms with van der Waals surface area (Å²) in [4.78, 5) is 3.84. The van der Waals surface area contributed by atoms with Gasteiger partial charge in [-0.25, -0.2) is 0 Å². The maximum Gasteiger partial charge on any atom is 0.266 e. The van der Waals surface area contributed by atoms with Crippen LogP contribution >= 0.6 is 0 Å². The molecule has 6 nitrogen and oxygen atoms in total. The van der Waals surface area contributed by atoms with Gasteiger partial charge < -0.3 is 9.84 Å². The van der Waals surface area contributed by atoms with Gasteiger partial charge in [-0.05, 0) is 18.6 Å². The van der Waals surface area contributed by atoms with Gasteiger partial charge in [0.25, 0.3) is 10.1 Å². The summed E-state index contributed by atoms with van der Waals surface area (Å²) in [6.07, 6.45) is 1.37. The minimum Gasteiger partial charge on any atom is -0.507 e. The summed E-state index contributed by atoms with van der Waals surface area (Å²) in [6, 6.07) is 3.17. The van der Waals surface area contributed by atoms with E-state index in [4.69, 9.17) is 9.29 Å². The quantitative estimate of drug-likeness (QED) is 0.616. The number of phenolic OH excluding ortho intramolecular Hbond substituents is 1. The summed E-state index contributed by atoms with van der Waals surface area (Å²) in [6.45, 7) is 1.70. The molecule has 1 aromatic rings. The third-order valence-electron chi connectivity index (χ3n) is 2.27. The maximum atomic E-state index is 10.5. The van der Waals surface area contributed by atoms with Crippen LogP contribution in [0.4, 0.5) is 0 Å². The molecule has 0 aliphatic rings. The number of hydrogen-bond acceptors (Lipinski definition) is 5. The van der Waals surface area contributed by atoms with Crippen molar-refractivity contribution in [3.63, 3.8) is 0 Å². The molecular weight excluding hydrogens is 258 g/mol. The zero-order valence-electron chi connectivity index (χ0n) is 10.1. The lowest BCUT2D eigenvalue weighted by Crippen LogP contribution is -2.06. The minimum atomic E-state index is -4.01. The van der Waals surface area contributed by atoms with E-state index >= 15 is 0 Å². The van der Waals surface area contributed by atoms with Crippen LogP contribution in [0, 0.1) is 6.92 Å². The van der Waals surface area contributed by atoms with Gasteiger partial charge in [0.05, 0.1) is 19.4 Å². The number of hydrogen-bond donors (Lipinski definition) is 2. The van der Waals surface area contributed by atoms with Gasteiger partial charge >= 0.3 is 0 Å². The summed E-state index contributed by atoms with van der Waals surface area (Å²) >= 11 is 0. The molecule has 0 saturated heterocycles. The van der Waals surface area contributed by atoms with Crippen LogP contribution in [0.1, 0.15) is 11.1 Å². The first-order valence-corrected chi connectivity index (χ1v) is 6.77. The molecule has 0 atom stereocenters. The lowest BCUT2D eigenvalue weighted by molar-refractivity contribution is 0.407. The van der Waals surface area contributed by atoms with Gasteiger partial charge in [0.1, 0.15) is 11.5 Å². The van der Waals surface area contributed by atoms with Crippen molar-refractivity contribution in [2.24, 2.45) is 4.99 Å². The molecule has 0 unspecified atom stereocenters. The molecule has 1 aromatic carbocycles. The van der Waals surface area contributed by atoms with Gasteiger partial charge in [-0.1, -0.05) is 0 Å². The second-order valence-corrected chi connectivity index (χ2v) is 5.27. The van der Waals surface area contributed by atoms with E-state index in [9.17, 15) is 13.5 Å². The van der Waals surface area contributed by atoms with E-state index < -0.39 is 15.9 Å². The van der Waals surface area contributed by atoms with Crippen molar-refractivity contribution in [3.8, 4) is 11.5 Å². The van der Waals surface area contributed by atoms with E-state index in [2.05, 4.69) is 4.99 Å². The predicted octanol–water partition coefficient (Wildman–Crippen LogP) is 1.02. The van der Waals surface area contributed by atoms with E-state index in [0.717, 1.165) is 5.56 Å². The molecule has 0 heterocycles. The molecule has 18 heavy (non-hydrogen) atoms. The SMILES string of the molecule is COc1cc(C)c(C=NCCS(=O)(=O)O)c(O)c1. The van der Waals surface area contributed by atoms with Crippen LogP contribution in [0.3, 0.4) is 0 Å². The zero-order valence-corrected chi connectivity index (χ0v) is 10.9. The molecule has 0 spiro atoms. The average molecular weight is 273 g/mol. The van der Waals surface area contributed by atoms with Crippen molar-refractivity contribution >= 4 is 16.3 Å². The highest BCUT2D eigenvalue weighted by atomic mass is 32.2. The van der Waals surface area contributed by atoms with Crippen molar-refractivity contribution in [1.29, 1.82) is 0 Å². The molecule has 2 N–H and O–H groups in total. The molecule has 0 radical (unpaired) electrons. The van der Waals surface area contributed by atoms with Crippen LogP contribution in [-0.2, 0) is 10.1 Å². The van der Waals surface area contributed by atoms with Crippen LogP contribution in [0.15, 0.2) is 17.1 Å². The summed E-state index contributed by atoms with van der Waals surface area (Å²) in [5.41, 5.74) is 1.24. The number of methoxy groups -OCH3 is 1. The highest BCUT2D eigenvalue weighted by Crippen LogP contribution is 2.25. The van der Waals surface area contributed by atoms with Gasteiger partial charge in [-0.15, -0.1) is 0 Å². The predicted molar refractivity (Wildman–Crippen MR) is 68.3 cm³/mol. The highest BCUT2D eigenvalue weighted by Gasteiger charge is 2.06. The molecule has 0 aliphatic heterocycles. The van der Waals surface area contributed by atoms with Crippen molar-refractivity contribution in [3.05, 3.63) is 23.3 Å². The Morgan fingerprint density at radius 1 is 1.44 bits per heavy atom. The topological polar surface area (TPSA) is 96.2 Å². The van der Waals surface area contributed by atoms with Gasteiger partial charge in [-0.3, -0.25) is 9.55 Å². The first-order valence-electron chi connectivity index (χ1n) is 5.16. The summed E-state index contributed by atoms with van der Waals surface area (Å²) in [5.74, 6) is 0.0852. The van der Waals surface area contributed by atoms with Crippen molar-refractivity contribution in [1.82, 2.24) is 0 Å². The Morgan fingerprint density at radius 3 is 2.61 bits per heavy atom. The number of aryl methyl sites for hydroxylation is 1. The highest BCUT2D eigenvalue weighted by molar-refractivity contribution is 7.85. The maximum absolute atomic E-state index is 10.5. The molecule has 0 amide bonds. The number of aliphatic imine (C=N–C) groups is 1. The van der Waals surface area contributed by atoms with Gasteiger partial charge in [0.2, 0.25) is 0 Å². The van der Waals surface area contributed by atoms with Gasteiger partial charge in [0, 0.05) is 17.8 Å².